The zero-order valence-corrected chi connectivity index (χ0v) is 28.3. The van der Waals surface area contributed by atoms with Gasteiger partial charge in [-0.2, -0.15) is 0 Å². The number of allylic oxidation sites excluding steroid dienone is 4. The van der Waals surface area contributed by atoms with Crippen molar-refractivity contribution < 1.29 is 28.6 Å². The molecule has 45 heavy (non-hydrogen) atoms. The maximum absolute atomic E-state index is 15.9. The second kappa shape index (κ2) is 13.7. The molecule has 0 bridgehead atoms. The predicted molar refractivity (Wildman–Crippen MR) is 177 cm³/mol. The van der Waals surface area contributed by atoms with E-state index in [1.54, 1.807) is 6.08 Å². The lowest BCUT2D eigenvalue weighted by molar-refractivity contribution is -0.165. The number of fused-ring (bicyclic) bond motifs is 7. The number of alkyl halides is 1. The summed E-state index contributed by atoms with van der Waals surface area (Å²) in [5, 5.41) is 16.1. The molecule has 0 amide bonds. The van der Waals surface area contributed by atoms with Gasteiger partial charge >= 0.3 is 5.97 Å². The average Bonchev–Trinajstić information content (AvgIpc) is 3.52. The normalized spacial score (nSPS) is 39.7. The number of ketones is 2. The molecule has 5 aliphatic carbocycles. The van der Waals surface area contributed by atoms with Gasteiger partial charge in [-0.05, 0) is 85.2 Å². The van der Waals surface area contributed by atoms with Crippen LogP contribution in [0.25, 0.3) is 0 Å². The summed E-state index contributed by atoms with van der Waals surface area (Å²) in [6, 6.07) is 0.340. The lowest BCUT2D eigenvalue weighted by Gasteiger charge is -2.60. The zero-order chi connectivity index (χ0) is 33.3. The zero-order valence-electron chi connectivity index (χ0n) is 27.5. The molecule has 0 spiro atoms. The van der Waals surface area contributed by atoms with Crippen molar-refractivity contribution >= 4 is 34.9 Å². The van der Waals surface area contributed by atoms with Gasteiger partial charge in [-0.15, -0.1) is 12.8 Å². The maximum Gasteiger partial charge on any atom is 0.303 e. The smallest absolute Gasteiger partial charge is 0.303 e. The van der Waals surface area contributed by atoms with Gasteiger partial charge in [0.25, 0.3) is 0 Å². The van der Waals surface area contributed by atoms with E-state index < -0.39 is 34.5 Å². The Morgan fingerprint density at radius 2 is 1.84 bits per heavy atom. The monoisotopic (exact) mass is 642 g/mol. The molecule has 0 aromatic rings. The summed E-state index contributed by atoms with van der Waals surface area (Å²) in [6.45, 7) is 10.1. The van der Waals surface area contributed by atoms with Gasteiger partial charge in [0.05, 0.1) is 11.5 Å². The molecular weight excluding hydrogens is 591 g/mol. The topological polar surface area (TPSA) is 95.9 Å². The van der Waals surface area contributed by atoms with E-state index in [0.717, 1.165) is 19.3 Å². The molecule has 248 valence electrons. The second-order valence-electron chi connectivity index (χ2n) is 14.1. The fraction of sp³-hybridized carbons (Fsp3) is 0.722. The van der Waals surface area contributed by atoms with Crippen LogP contribution in [0.2, 0.25) is 0 Å². The van der Waals surface area contributed by atoms with E-state index in [4.69, 9.17) is 17.0 Å². The van der Waals surface area contributed by atoms with Crippen molar-refractivity contribution in [1.82, 2.24) is 10.2 Å². The second-order valence-corrected chi connectivity index (χ2v) is 14.5. The molecule has 1 saturated heterocycles. The molecule has 4 saturated carbocycles. The van der Waals surface area contributed by atoms with Crippen LogP contribution in [-0.4, -0.2) is 70.7 Å². The van der Waals surface area contributed by atoms with E-state index in [-0.39, 0.29) is 48.3 Å². The molecule has 1 heterocycles. The fourth-order valence-corrected chi connectivity index (χ4v) is 10.7. The number of aliphatic hydroxyl groups is 1. The molecule has 0 aromatic heterocycles. The fourth-order valence-electron chi connectivity index (χ4n) is 10.4. The SMILES string of the molecule is C#C.CC.CC(=O)OCC(=O)[C@@]12CN(C(=S)NC3CCCCC3)C[C@@H]1CC1[C@@H]3C[C@H](F)C4=CC(=O)C=C[C@]4(C)C3[C@@H](O)C[C@@]12C. The first-order valence-electron chi connectivity index (χ1n) is 16.7. The predicted octanol–water partition coefficient (Wildman–Crippen LogP) is 5.36. The van der Waals surface area contributed by atoms with Crippen LogP contribution < -0.4 is 5.32 Å². The number of halogens is 1. The number of rotatable bonds is 4. The van der Waals surface area contributed by atoms with Gasteiger partial charge in [-0.25, -0.2) is 4.39 Å². The number of terminal acetylenes is 1. The molecule has 7 nitrogen and oxygen atoms in total. The number of nitrogens with zero attached hydrogens (tertiary/aromatic N) is 1. The van der Waals surface area contributed by atoms with Crippen LogP contribution in [0.5, 0.6) is 0 Å². The van der Waals surface area contributed by atoms with Crippen LogP contribution in [0.4, 0.5) is 4.39 Å². The molecule has 9 atom stereocenters. The van der Waals surface area contributed by atoms with E-state index >= 15 is 4.39 Å². The molecule has 6 rings (SSSR count). The third-order valence-corrected chi connectivity index (χ3v) is 12.5. The number of ether oxygens (including phenoxy) is 1. The highest BCUT2D eigenvalue weighted by Gasteiger charge is 2.74. The molecule has 2 unspecified atom stereocenters. The van der Waals surface area contributed by atoms with Crippen molar-refractivity contribution in [3.63, 3.8) is 0 Å². The van der Waals surface area contributed by atoms with Crippen molar-refractivity contribution in [2.45, 2.75) is 104 Å². The minimum atomic E-state index is -1.28. The summed E-state index contributed by atoms with van der Waals surface area (Å²) in [7, 11) is 0. The Morgan fingerprint density at radius 1 is 1.18 bits per heavy atom. The summed E-state index contributed by atoms with van der Waals surface area (Å²) in [5.74, 6) is -1.28. The minimum absolute atomic E-state index is 0.00635. The highest BCUT2D eigenvalue weighted by Crippen LogP contribution is 2.72. The first-order chi connectivity index (χ1) is 21.4. The number of esters is 1. The lowest BCUT2D eigenvalue weighted by atomic mass is 9.44. The van der Waals surface area contributed by atoms with Gasteiger partial charge in [0, 0.05) is 37.4 Å². The van der Waals surface area contributed by atoms with Crippen LogP contribution in [0.1, 0.15) is 86.0 Å². The Kier molecular flexibility index (Phi) is 10.7. The number of carbonyl (C=O) groups excluding carboxylic acids is 3. The van der Waals surface area contributed by atoms with Gasteiger partial charge < -0.3 is 20.1 Å². The summed E-state index contributed by atoms with van der Waals surface area (Å²) < 4.78 is 21.1. The number of Topliss-reactive ketones (excluding diaryl/α,β-unsaturated/α-hetero) is 1. The molecule has 0 aromatic carbocycles. The highest BCUT2D eigenvalue weighted by molar-refractivity contribution is 7.80. The minimum Gasteiger partial charge on any atom is -0.458 e. The number of nitrogens with one attached hydrogen (secondary N) is 1. The summed E-state index contributed by atoms with van der Waals surface area (Å²) in [6.07, 6.45) is 17.8. The number of hydrogen-bond acceptors (Lipinski definition) is 6. The van der Waals surface area contributed by atoms with E-state index in [0.29, 0.717) is 36.2 Å². The van der Waals surface area contributed by atoms with Gasteiger partial charge in [0.1, 0.15) is 6.17 Å². The summed E-state index contributed by atoms with van der Waals surface area (Å²) >= 11 is 5.90. The van der Waals surface area contributed by atoms with E-state index in [1.165, 1.54) is 38.3 Å². The van der Waals surface area contributed by atoms with Crippen molar-refractivity contribution in [3.8, 4) is 12.8 Å². The van der Waals surface area contributed by atoms with E-state index in [1.807, 2.05) is 20.8 Å². The molecule has 1 aliphatic heterocycles. The van der Waals surface area contributed by atoms with Crippen LogP contribution in [0.15, 0.2) is 23.8 Å². The summed E-state index contributed by atoms with van der Waals surface area (Å²) in [5.41, 5.74) is -1.78. The molecule has 2 N–H and O–H groups in total. The van der Waals surface area contributed by atoms with E-state index in [9.17, 15) is 19.5 Å². The van der Waals surface area contributed by atoms with Crippen molar-refractivity contribution in [3.05, 3.63) is 23.8 Å². The van der Waals surface area contributed by atoms with Gasteiger partial charge in [0.2, 0.25) is 0 Å². The number of aliphatic hydroxyl groups excluding tert-OH is 1. The molecule has 9 heteroatoms. The van der Waals surface area contributed by atoms with Gasteiger partial charge in [-0.3, -0.25) is 14.4 Å². The molecule has 5 fully saturated rings. The quantitative estimate of drug-likeness (QED) is 0.241. The number of likely N-dealkylation sites (tertiary alicyclic amines) is 1. The van der Waals surface area contributed by atoms with Gasteiger partial charge in [-0.1, -0.05) is 53.0 Å². The van der Waals surface area contributed by atoms with Crippen LogP contribution in [0.3, 0.4) is 0 Å². The molecular formula is C36H51FN2O5S. The number of carbonyl (C=O) groups is 3. The highest BCUT2D eigenvalue weighted by atomic mass is 32.1. The Balaban J connectivity index is 0.00000111. The lowest BCUT2D eigenvalue weighted by Crippen LogP contribution is -2.62. The van der Waals surface area contributed by atoms with Crippen molar-refractivity contribution in [2.75, 3.05) is 19.7 Å². The Bertz CT molecular complexity index is 1260. The first-order valence-corrected chi connectivity index (χ1v) is 17.1. The van der Waals surface area contributed by atoms with Crippen LogP contribution in [0, 0.1) is 52.8 Å². The average molecular weight is 643 g/mol. The largest absolute Gasteiger partial charge is 0.458 e. The Hall–Kier alpha value is -2.57. The van der Waals surface area contributed by atoms with Crippen molar-refractivity contribution in [2.24, 2.45) is 39.9 Å². The summed E-state index contributed by atoms with van der Waals surface area (Å²) in [4.78, 5) is 40.3. The first kappa shape index (κ1) is 35.3. The maximum atomic E-state index is 15.9. The van der Waals surface area contributed by atoms with E-state index in [2.05, 4.69) is 30.0 Å². The standard InChI is InChI=1S/C32H43FN2O5S.C2H6.C2H2/c1-18(36)40-16-27(39)32-17-35(29(41)34-20-7-5-4-6-8-20)15-19(32)11-23-22-13-25(33)24-12-21(37)9-10-30(24,2)28(22)26(38)14-31(23,32)3;2*1-2/h9-10,12,19-20,22-23,25-26,28,38H,4-8,11,13-17H2,1-3H3,(H,34,41);1-2H3;1-2H/t19-,22-,23?,25-,26-,28?,30-,31-,32+;;/m0../s1. The van der Waals surface area contributed by atoms with Crippen LogP contribution in [-0.2, 0) is 19.1 Å². The Morgan fingerprint density at radius 3 is 2.49 bits per heavy atom. The third kappa shape index (κ3) is 5.79. The number of hydrogen-bond donors (Lipinski definition) is 2. The molecule has 0 radical (unpaired) electrons. The number of thiocarbonyl (C=S) groups is 1. The Labute approximate surface area is 273 Å². The van der Waals surface area contributed by atoms with Gasteiger partial charge in [0.15, 0.2) is 23.3 Å². The third-order valence-electron chi connectivity index (χ3n) is 12.1. The van der Waals surface area contributed by atoms with Crippen LogP contribution >= 0.6 is 12.2 Å². The van der Waals surface area contributed by atoms with Crippen molar-refractivity contribution in [1.29, 1.82) is 0 Å². The molecule has 6 aliphatic rings.